The van der Waals surface area contributed by atoms with Gasteiger partial charge in [0.25, 0.3) is 0 Å². The third kappa shape index (κ3) is 2.43. The van der Waals surface area contributed by atoms with E-state index in [1.165, 1.54) is 0 Å². The molecule has 1 aliphatic rings. The van der Waals surface area contributed by atoms with Gasteiger partial charge in [-0.25, -0.2) is 0 Å². The van der Waals surface area contributed by atoms with Crippen LogP contribution in [0.4, 0.5) is 0 Å². The van der Waals surface area contributed by atoms with Crippen molar-refractivity contribution < 1.29 is 14.6 Å². The summed E-state index contributed by atoms with van der Waals surface area (Å²) in [4.78, 5) is 0. The number of hydrogen-bond acceptors (Lipinski definition) is 3. The van der Waals surface area contributed by atoms with Gasteiger partial charge in [-0.05, 0) is 6.92 Å². The number of hydrogen-bond donors (Lipinski definition) is 1. The van der Waals surface area contributed by atoms with Crippen molar-refractivity contribution in [3.8, 4) is 0 Å². The second-order valence-corrected chi connectivity index (χ2v) is 3.90. The Hall–Kier alpha value is -0.120. The van der Waals surface area contributed by atoms with Gasteiger partial charge in [-0.2, -0.15) is 0 Å². The first-order valence-electron chi connectivity index (χ1n) is 3.92. The molecule has 0 radical (unpaired) electrons. The Morgan fingerprint density at radius 3 is 2.18 bits per heavy atom. The van der Waals surface area contributed by atoms with Gasteiger partial charge in [-0.15, -0.1) is 0 Å². The predicted octanol–water partition coefficient (Wildman–Crippen LogP) is 0.766. The lowest BCUT2D eigenvalue weighted by atomic mass is 9.95. The zero-order chi connectivity index (χ0) is 8.48. The monoisotopic (exact) mass is 160 g/mol. The van der Waals surface area contributed by atoms with Crippen LogP contribution in [-0.4, -0.2) is 30.7 Å². The van der Waals surface area contributed by atoms with E-state index in [4.69, 9.17) is 14.6 Å². The highest BCUT2D eigenvalue weighted by atomic mass is 16.7. The van der Waals surface area contributed by atoms with Gasteiger partial charge in [0.15, 0.2) is 6.29 Å². The molecule has 11 heavy (non-hydrogen) atoms. The average Bonchev–Trinajstić information content (AvgIpc) is 1.86. The minimum Gasteiger partial charge on any atom is -0.388 e. The second-order valence-electron chi connectivity index (χ2n) is 3.90. The maximum atomic E-state index is 9.10. The molecule has 0 saturated carbocycles. The van der Waals surface area contributed by atoms with Crippen molar-refractivity contribution >= 4 is 0 Å². The predicted molar refractivity (Wildman–Crippen MR) is 41.2 cm³/mol. The molecular weight excluding hydrogens is 144 g/mol. The van der Waals surface area contributed by atoms with Crippen molar-refractivity contribution in [2.24, 2.45) is 5.41 Å². The Morgan fingerprint density at radius 1 is 1.36 bits per heavy atom. The number of rotatable bonds is 1. The van der Waals surface area contributed by atoms with Crippen LogP contribution in [0.2, 0.25) is 0 Å². The lowest BCUT2D eigenvalue weighted by Gasteiger charge is -2.35. The van der Waals surface area contributed by atoms with E-state index in [1.807, 2.05) is 0 Å². The third-order valence-electron chi connectivity index (χ3n) is 1.67. The molecule has 3 heteroatoms. The minimum absolute atomic E-state index is 0.0887. The number of aliphatic hydroxyl groups excluding tert-OH is 1. The fourth-order valence-corrected chi connectivity index (χ4v) is 0.984. The van der Waals surface area contributed by atoms with Gasteiger partial charge in [0.05, 0.1) is 13.2 Å². The summed E-state index contributed by atoms with van der Waals surface area (Å²) in [5, 5.41) is 9.10. The zero-order valence-corrected chi connectivity index (χ0v) is 7.33. The Bertz CT molecular complexity index is 121. The fourth-order valence-electron chi connectivity index (χ4n) is 0.984. The van der Waals surface area contributed by atoms with Gasteiger partial charge in [0.2, 0.25) is 0 Å². The van der Waals surface area contributed by atoms with Crippen LogP contribution in [-0.2, 0) is 9.47 Å². The van der Waals surface area contributed by atoms with Gasteiger partial charge in [0.1, 0.15) is 6.10 Å². The van der Waals surface area contributed by atoms with Crippen LogP contribution in [0.3, 0.4) is 0 Å². The van der Waals surface area contributed by atoms with E-state index in [-0.39, 0.29) is 5.41 Å². The van der Waals surface area contributed by atoms with Crippen molar-refractivity contribution in [2.45, 2.75) is 33.2 Å². The van der Waals surface area contributed by atoms with E-state index in [0.29, 0.717) is 13.2 Å². The third-order valence-corrected chi connectivity index (χ3v) is 1.67. The molecule has 1 fully saturated rings. The molecule has 0 aliphatic carbocycles. The molecule has 66 valence electrons. The lowest BCUT2D eigenvalue weighted by Crippen LogP contribution is -2.42. The minimum atomic E-state index is -0.536. The zero-order valence-electron chi connectivity index (χ0n) is 7.33. The highest BCUT2D eigenvalue weighted by Crippen LogP contribution is 2.23. The van der Waals surface area contributed by atoms with Crippen molar-refractivity contribution in [3.05, 3.63) is 0 Å². The molecule has 1 unspecified atom stereocenters. The number of aliphatic hydroxyl groups is 1. The Labute approximate surface area is 67.3 Å². The summed E-state index contributed by atoms with van der Waals surface area (Å²) >= 11 is 0. The molecule has 0 spiro atoms. The highest BCUT2D eigenvalue weighted by Gasteiger charge is 2.30. The Morgan fingerprint density at radius 2 is 1.82 bits per heavy atom. The van der Waals surface area contributed by atoms with Gasteiger partial charge < -0.3 is 14.6 Å². The first kappa shape index (κ1) is 8.97. The smallest absolute Gasteiger partial charge is 0.183 e. The van der Waals surface area contributed by atoms with Gasteiger partial charge in [-0.3, -0.25) is 0 Å². The quantitative estimate of drug-likeness (QED) is 0.615. The molecular formula is C8H16O3. The van der Waals surface area contributed by atoms with Gasteiger partial charge in [0, 0.05) is 5.41 Å². The average molecular weight is 160 g/mol. The first-order valence-corrected chi connectivity index (χ1v) is 3.92. The van der Waals surface area contributed by atoms with Gasteiger partial charge in [-0.1, -0.05) is 13.8 Å². The molecule has 1 atom stereocenters. The van der Waals surface area contributed by atoms with E-state index in [0.717, 1.165) is 0 Å². The van der Waals surface area contributed by atoms with E-state index in [2.05, 4.69) is 13.8 Å². The van der Waals surface area contributed by atoms with E-state index in [9.17, 15) is 0 Å². The molecule has 0 aromatic rings. The molecule has 1 heterocycles. The molecule has 0 amide bonds. The number of ether oxygens (including phenoxy) is 2. The van der Waals surface area contributed by atoms with Crippen LogP contribution in [0.15, 0.2) is 0 Å². The molecule has 0 aromatic carbocycles. The summed E-state index contributed by atoms with van der Waals surface area (Å²) in [6, 6.07) is 0. The molecule has 1 N–H and O–H groups in total. The molecule has 1 rings (SSSR count). The van der Waals surface area contributed by atoms with Crippen molar-refractivity contribution in [3.63, 3.8) is 0 Å². The van der Waals surface area contributed by atoms with Crippen LogP contribution < -0.4 is 0 Å². The van der Waals surface area contributed by atoms with Crippen LogP contribution >= 0.6 is 0 Å². The van der Waals surface area contributed by atoms with Crippen LogP contribution in [0.5, 0.6) is 0 Å². The van der Waals surface area contributed by atoms with Gasteiger partial charge >= 0.3 is 0 Å². The normalized spacial score (nSPS) is 28.4. The summed E-state index contributed by atoms with van der Waals surface area (Å²) in [6.45, 7) is 7.13. The summed E-state index contributed by atoms with van der Waals surface area (Å²) < 4.78 is 10.6. The fraction of sp³-hybridized carbons (Fsp3) is 1.00. The summed E-state index contributed by atoms with van der Waals surface area (Å²) in [6.07, 6.45) is -0.964. The maximum Gasteiger partial charge on any atom is 0.183 e. The molecule has 1 aliphatic heterocycles. The summed E-state index contributed by atoms with van der Waals surface area (Å²) in [5.74, 6) is 0. The molecule has 1 saturated heterocycles. The molecule has 0 bridgehead atoms. The maximum absolute atomic E-state index is 9.10. The molecule has 3 nitrogen and oxygen atoms in total. The second kappa shape index (κ2) is 3.09. The van der Waals surface area contributed by atoms with Crippen LogP contribution in [0.25, 0.3) is 0 Å². The molecule has 0 aromatic heterocycles. The van der Waals surface area contributed by atoms with Crippen molar-refractivity contribution in [1.82, 2.24) is 0 Å². The van der Waals surface area contributed by atoms with E-state index < -0.39 is 12.4 Å². The summed E-state index contributed by atoms with van der Waals surface area (Å²) in [7, 11) is 0. The first-order chi connectivity index (χ1) is 5.01. The largest absolute Gasteiger partial charge is 0.388 e. The standard InChI is InChI=1S/C8H16O3/c1-6(9)7-10-4-8(2,3)5-11-7/h6-7,9H,4-5H2,1-3H3. The van der Waals surface area contributed by atoms with Crippen molar-refractivity contribution in [2.75, 3.05) is 13.2 Å². The van der Waals surface area contributed by atoms with Crippen LogP contribution in [0, 0.1) is 5.41 Å². The van der Waals surface area contributed by atoms with E-state index in [1.54, 1.807) is 6.92 Å². The topological polar surface area (TPSA) is 38.7 Å². The lowest BCUT2D eigenvalue weighted by molar-refractivity contribution is -0.253. The highest BCUT2D eigenvalue weighted by molar-refractivity contribution is 4.72. The van der Waals surface area contributed by atoms with E-state index >= 15 is 0 Å². The van der Waals surface area contributed by atoms with Crippen LogP contribution in [0.1, 0.15) is 20.8 Å². The SMILES string of the molecule is CC(O)C1OCC(C)(C)CO1. The summed E-state index contributed by atoms with van der Waals surface area (Å²) in [5.41, 5.74) is 0.0887. The Kier molecular flexibility index (Phi) is 2.52. The Balaban J connectivity index is 2.36. The van der Waals surface area contributed by atoms with Crippen molar-refractivity contribution in [1.29, 1.82) is 0 Å².